The van der Waals surface area contributed by atoms with Gasteiger partial charge in [0.2, 0.25) is 0 Å². The minimum absolute atomic E-state index is 0.228. The van der Waals surface area contributed by atoms with Crippen LogP contribution >= 0.6 is 0 Å². The maximum Gasteiger partial charge on any atom is 0.177 e. The molecule has 2 rings (SSSR count). The molecule has 3 heteroatoms. The van der Waals surface area contributed by atoms with Crippen molar-refractivity contribution in [3.63, 3.8) is 0 Å². The first-order valence-corrected chi connectivity index (χ1v) is 7.99. The van der Waals surface area contributed by atoms with Crippen LogP contribution in [0.1, 0.15) is 52.7 Å². The monoisotopic (exact) mass is 289 g/mol. The topological polar surface area (TPSA) is 40.5 Å². The zero-order valence-electron chi connectivity index (χ0n) is 13.5. The van der Waals surface area contributed by atoms with Crippen molar-refractivity contribution in [3.8, 4) is 0 Å². The van der Waals surface area contributed by atoms with Crippen molar-refractivity contribution in [2.24, 2.45) is 0 Å². The summed E-state index contributed by atoms with van der Waals surface area (Å²) in [6.45, 7) is 7.93. The van der Waals surface area contributed by atoms with Gasteiger partial charge in [0.1, 0.15) is 0 Å². The summed E-state index contributed by atoms with van der Waals surface area (Å²) < 4.78 is 0. The molecule has 0 aliphatic carbocycles. The van der Waals surface area contributed by atoms with Crippen LogP contribution in [0.2, 0.25) is 0 Å². The Labute approximate surface area is 128 Å². The Morgan fingerprint density at radius 1 is 1.24 bits per heavy atom. The first-order chi connectivity index (χ1) is 10.0. The minimum atomic E-state index is 0.228. The molecule has 0 aromatic heterocycles. The van der Waals surface area contributed by atoms with Gasteiger partial charge < -0.3 is 5.11 Å². The smallest absolute Gasteiger partial charge is 0.177 e. The third-order valence-corrected chi connectivity index (χ3v) is 4.68. The summed E-state index contributed by atoms with van der Waals surface area (Å²) in [6, 6.07) is 4.61. The Kier molecular flexibility index (Phi) is 5.54. The molecule has 1 unspecified atom stereocenters. The molecule has 21 heavy (non-hydrogen) atoms. The predicted molar refractivity (Wildman–Crippen MR) is 85.9 cm³/mol. The number of ketones is 1. The number of aliphatic hydroxyl groups excluding tert-OH is 1. The number of likely N-dealkylation sites (tertiary alicyclic amines) is 1. The fourth-order valence-corrected chi connectivity index (χ4v) is 3.29. The van der Waals surface area contributed by atoms with Crippen molar-refractivity contribution in [2.75, 3.05) is 19.7 Å². The van der Waals surface area contributed by atoms with Crippen LogP contribution in [0.4, 0.5) is 0 Å². The standard InChI is InChI=1S/C18H27NO2/c1-13-10-15(3)17(11-14(13)2)18(21)12-19-8-4-6-16(19)7-5-9-20/h10-11,16,20H,4-9,12H2,1-3H3. The molecule has 3 nitrogen and oxygen atoms in total. The third kappa shape index (κ3) is 3.92. The van der Waals surface area contributed by atoms with E-state index in [1.807, 2.05) is 13.0 Å². The van der Waals surface area contributed by atoms with Crippen LogP contribution in [0.15, 0.2) is 12.1 Å². The number of rotatable bonds is 6. The summed E-state index contributed by atoms with van der Waals surface area (Å²) in [5.74, 6) is 0.228. The van der Waals surface area contributed by atoms with Crippen molar-refractivity contribution < 1.29 is 9.90 Å². The van der Waals surface area contributed by atoms with Crippen LogP contribution in [0.25, 0.3) is 0 Å². The van der Waals surface area contributed by atoms with E-state index in [0.29, 0.717) is 12.6 Å². The van der Waals surface area contributed by atoms with E-state index in [-0.39, 0.29) is 12.4 Å². The minimum Gasteiger partial charge on any atom is -0.396 e. The van der Waals surface area contributed by atoms with Crippen LogP contribution in [-0.4, -0.2) is 41.5 Å². The molecule has 0 spiro atoms. The second-order valence-corrected chi connectivity index (χ2v) is 6.31. The second kappa shape index (κ2) is 7.19. The number of aryl methyl sites for hydroxylation is 3. The van der Waals surface area contributed by atoms with Gasteiger partial charge in [0.25, 0.3) is 0 Å². The van der Waals surface area contributed by atoms with E-state index in [4.69, 9.17) is 5.11 Å². The van der Waals surface area contributed by atoms with E-state index in [0.717, 1.165) is 43.4 Å². The van der Waals surface area contributed by atoms with Gasteiger partial charge in [-0.15, -0.1) is 0 Å². The average molecular weight is 289 g/mol. The largest absolute Gasteiger partial charge is 0.396 e. The fourth-order valence-electron chi connectivity index (χ4n) is 3.29. The summed E-state index contributed by atoms with van der Waals surface area (Å²) >= 11 is 0. The van der Waals surface area contributed by atoms with E-state index >= 15 is 0 Å². The lowest BCUT2D eigenvalue weighted by molar-refractivity contribution is 0.0915. The number of Topliss-reactive ketones (excluding diaryl/α,β-unsaturated/α-hetero) is 1. The van der Waals surface area contributed by atoms with E-state index in [9.17, 15) is 4.79 Å². The molecule has 0 bridgehead atoms. The van der Waals surface area contributed by atoms with E-state index in [2.05, 4.69) is 24.8 Å². The molecule has 1 aromatic rings. The summed E-state index contributed by atoms with van der Waals surface area (Å²) in [5.41, 5.74) is 4.37. The Hall–Kier alpha value is -1.19. The van der Waals surface area contributed by atoms with Gasteiger partial charge in [0, 0.05) is 18.2 Å². The number of aliphatic hydroxyl groups is 1. The van der Waals surface area contributed by atoms with Gasteiger partial charge in [-0.3, -0.25) is 9.69 Å². The maximum atomic E-state index is 12.6. The summed E-state index contributed by atoms with van der Waals surface area (Å²) in [4.78, 5) is 14.9. The van der Waals surface area contributed by atoms with Gasteiger partial charge in [0.15, 0.2) is 5.78 Å². The third-order valence-electron chi connectivity index (χ3n) is 4.68. The number of carbonyl (C=O) groups excluding carboxylic acids is 1. The summed E-state index contributed by atoms with van der Waals surface area (Å²) in [6.07, 6.45) is 4.14. The van der Waals surface area contributed by atoms with Crippen molar-refractivity contribution in [1.29, 1.82) is 0 Å². The van der Waals surface area contributed by atoms with Gasteiger partial charge in [-0.25, -0.2) is 0 Å². The molecule has 1 heterocycles. The number of carbonyl (C=O) groups is 1. The van der Waals surface area contributed by atoms with Gasteiger partial charge >= 0.3 is 0 Å². The molecule has 1 N–H and O–H groups in total. The molecule has 1 aromatic carbocycles. The lowest BCUT2D eigenvalue weighted by atomic mass is 9.97. The molecule has 1 aliphatic rings. The summed E-state index contributed by atoms with van der Waals surface area (Å²) in [5, 5.41) is 8.98. The van der Waals surface area contributed by atoms with E-state index in [1.165, 1.54) is 11.1 Å². The van der Waals surface area contributed by atoms with Crippen molar-refractivity contribution in [1.82, 2.24) is 4.90 Å². The number of hydrogen-bond donors (Lipinski definition) is 1. The van der Waals surface area contributed by atoms with E-state index < -0.39 is 0 Å². The Bertz CT molecular complexity index is 510. The van der Waals surface area contributed by atoms with Crippen LogP contribution < -0.4 is 0 Å². The van der Waals surface area contributed by atoms with Crippen LogP contribution in [0, 0.1) is 20.8 Å². The van der Waals surface area contributed by atoms with Crippen LogP contribution in [-0.2, 0) is 0 Å². The van der Waals surface area contributed by atoms with Gasteiger partial charge in [-0.05, 0) is 75.8 Å². The first-order valence-electron chi connectivity index (χ1n) is 7.99. The molecular weight excluding hydrogens is 262 g/mol. The van der Waals surface area contributed by atoms with Gasteiger partial charge in [-0.1, -0.05) is 6.07 Å². The highest BCUT2D eigenvalue weighted by Crippen LogP contribution is 2.23. The van der Waals surface area contributed by atoms with Crippen molar-refractivity contribution in [3.05, 3.63) is 34.4 Å². The SMILES string of the molecule is Cc1cc(C)c(C(=O)CN2CCCC2CCCO)cc1C. The van der Waals surface area contributed by atoms with E-state index in [1.54, 1.807) is 0 Å². The summed E-state index contributed by atoms with van der Waals surface area (Å²) in [7, 11) is 0. The first kappa shape index (κ1) is 16.2. The quantitative estimate of drug-likeness (QED) is 0.818. The Morgan fingerprint density at radius 3 is 2.67 bits per heavy atom. The predicted octanol–water partition coefficient (Wildman–Crippen LogP) is 3.03. The average Bonchev–Trinajstić information content (AvgIpc) is 2.87. The van der Waals surface area contributed by atoms with Gasteiger partial charge in [-0.2, -0.15) is 0 Å². The molecular formula is C18H27NO2. The van der Waals surface area contributed by atoms with Crippen LogP contribution in [0.3, 0.4) is 0 Å². The Morgan fingerprint density at radius 2 is 1.95 bits per heavy atom. The molecule has 1 fully saturated rings. The highest BCUT2D eigenvalue weighted by molar-refractivity contribution is 5.99. The highest BCUT2D eigenvalue weighted by Gasteiger charge is 2.26. The zero-order valence-corrected chi connectivity index (χ0v) is 13.5. The molecule has 116 valence electrons. The zero-order chi connectivity index (χ0) is 15.4. The Balaban J connectivity index is 2.05. The number of hydrogen-bond acceptors (Lipinski definition) is 3. The number of nitrogens with zero attached hydrogens (tertiary/aromatic N) is 1. The molecule has 1 aliphatic heterocycles. The lowest BCUT2D eigenvalue weighted by Crippen LogP contribution is -2.34. The molecule has 0 radical (unpaired) electrons. The molecule has 1 atom stereocenters. The molecule has 0 amide bonds. The fraction of sp³-hybridized carbons (Fsp3) is 0.611. The maximum absolute atomic E-state index is 12.6. The van der Waals surface area contributed by atoms with Crippen molar-refractivity contribution >= 4 is 5.78 Å². The van der Waals surface area contributed by atoms with Crippen LogP contribution in [0.5, 0.6) is 0 Å². The second-order valence-electron chi connectivity index (χ2n) is 6.31. The van der Waals surface area contributed by atoms with Gasteiger partial charge in [0.05, 0.1) is 6.54 Å². The highest BCUT2D eigenvalue weighted by atomic mass is 16.2. The number of benzene rings is 1. The molecule has 0 saturated carbocycles. The molecule has 1 saturated heterocycles. The van der Waals surface area contributed by atoms with Crippen molar-refractivity contribution in [2.45, 2.75) is 52.5 Å². The normalized spacial score (nSPS) is 19.1. The lowest BCUT2D eigenvalue weighted by Gasteiger charge is -2.24.